The maximum absolute atomic E-state index is 11.2. The summed E-state index contributed by atoms with van der Waals surface area (Å²) in [6.45, 7) is 3.32. The van der Waals surface area contributed by atoms with Crippen LogP contribution >= 0.6 is 0 Å². The molecule has 0 bridgehead atoms. The summed E-state index contributed by atoms with van der Waals surface area (Å²) >= 11 is 0. The Labute approximate surface area is 77.2 Å². The predicted octanol–water partition coefficient (Wildman–Crippen LogP) is 0.725. The molecule has 1 aromatic rings. The monoisotopic (exact) mass is 201 g/mol. The van der Waals surface area contributed by atoms with Gasteiger partial charge >= 0.3 is 0 Å². The zero-order valence-electron chi connectivity index (χ0n) is 7.73. The molecule has 0 aliphatic rings. The normalized spacial score (nSPS) is 11.6. The molecule has 1 aromatic heterocycles. The van der Waals surface area contributed by atoms with Gasteiger partial charge in [0.1, 0.15) is 0 Å². The van der Waals surface area contributed by atoms with Crippen LogP contribution in [-0.2, 0) is 10.0 Å². The van der Waals surface area contributed by atoms with Crippen LogP contribution in [0.1, 0.15) is 21.6 Å². The lowest BCUT2D eigenvalue weighted by Gasteiger charge is -2.01. The van der Waals surface area contributed by atoms with E-state index in [1.807, 2.05) is 0 Å². The maximum atomic E-state index is 11.2. The molecule has 0 aromatic carbocycles. The van der Waals surface area contributed by atoms with Crippen molar-refractivity contribution in [1.82, 2.24) is 3.97 Å². The average molecular weight is 201 g/mol. The quantitative estimate of drug-likeness (QED) is 0.663. The first-order valence-electron chi connectivity index (χ1n) is 3.72. The molecule has 0 fully saturated rings. The maximum Gasteiger partial charge on any atom is 0.235 e. The summed E-state index contributed by atoms with van der Waals surface area (Å²) in [6, 6.07) is 0. The molecule has 4 nitrogen and oxygen atoms in total. The van der Waals surface area contributed by atoms with Crippen molar-refractivity contribution in [2.75, 3.05) is 6.26 Å². The molecule has 13 heavy (non-hydrogen) atoms. The molecule has 1 rings (SSSR count). The Balaban J connectivity index is 3.52. The first-order valence-corrected chi connectivity index (χ1v) is 5.57. The second-order valence-electron chi connectivity index (χ2n) is 2.99. The van der Waals surface area contributed by atoms with E-state index in [2.05, 4.69) is 0 Å². The van der Waals surface area contributed by atoms with Crippen LogP contribution in [0.2, 0.25) is 0 Å². The summed E-state index contributed by atoms with van der Waals surface area (Å²) < 4.78 is 23.5. The first kappa shape index (κ1) is 9.98. The molecule has 0 atom stereocenters. The van der Waals surface area contributed by atoms with Gasteiger partial charge < -0.3 is 0 Å². The Kier molecular flexibility index (Phi) is 2.30. The van der Waals surface area contributed by atoms with Crippen molar-refractivity contribution in [2.24, 2.45) is 0 Å². The van der Waals surface area contributed by atoms with E-state index in [4.69, 9.17) is 0 Å². The van der Waals surface area contributed by atoms with Crippen molar-refractivity contribution in [1.29, 1.82) is 0 Å². The van der Waals surface area contributed by atoms with Crippen LogP contribution in [0, 0.1) is 13.8 Å². The number of nitrogens with zero attached hydrogens (tertiary/aromatic N) is 1. The lowest BCUT2D eigenvalue weighted by atomic mass is 10.2. The van der Waals surface area contributed by atoms with Crippen LogP contribution < -0.4 is 0 Å². The highest BCUT2D eigenvalue weighted by Gasteiger charge is 2.14. The largest absolute Gasteiger partial charge is 0.298 e. The van der Waals surface area contributed by atoms with Crippen molar-refractivity contribution in [3.8, 4) is 0 Å². The third-order valence-corrected chi connectivity index (χ3v) is 3.03. The number of rotatable bonds is 2. The number of carbonyl (C=O) groups excluding carboxylic acids is 1. The van der Waals surface area contributed by atoms with Gasteiger partial charge in [-0.25, -0.2) is 12.4 Å². The fraction of sp³-hybridized carbons (Fsp3) is 0.375. The minimum atomic E-state index is -3.29. The van der Waals surface area contributed by atoms with E-state index in [-0.39, 0.29) is 0 Å². The third kappa shape index (κ3) is 1.65. The Morgan fingerprint density at radius 2 is 1.92 bits per heavy atom. The van der Waals surface area contributed by atoms with E-state index in [0.29, 0.717) is 23.1 Å². The molecular weight excluding hydrogens is 190 g/mol. The van der Waals surface area contributed by atoms with Crippen LogP contribution in [0.5, 0.6) is 0 Å². The fourth-order valence-electron chi connectivity index (χ4n) is 1.27. The summed E-state index contributed by atoms with van der Waals surface area (Å²) in [4.78, 5) is 10.6. The van der Waals surface area contributed by atoms with Crippen LogP contribution in [0.25, 0.3) is 0 Å². The Morgan fingerprint density at radius 3 is 2.15 bits per heavy atom. The number of aryl methyl sites for hydroxylation is 1. The van der Waals surface area contributed by atoms with E-state index in [9.17, 15) is 13.2 Å². The van der Waals surface area contributed by atoms with Gasteiger partial charge in [0.15, 0.2) is 6.29 Å². The summed E-state index contributed by atoms with van der Waals surface area (Å²) in [6.07, 6.45) is 3.23. The molecule has 0 spiro atoms. The molecule has 0 unspecified atom stereocenters. The zero-order chi connectivity index (χ0) is 10.2. The SMILES string of the molecule is Cc1cn(S(C)(=O)=O)c(C)c1C=O. The number of aldehydes is 1. The van der Waals surface area contributed by atoms with E-state index < -0.39 is 10.0 Å². The summed E-state index contributed by atoms with van der Waals surface area (Å²) in [5.41, 5.74) is 1.60. The van der Waals surface area contributed by atoms with Gasteiger partial charge in [0.05, 0.1) is 6.26 Å². The molecular formula is C8H11NO3S. The lowest BCUT2D eigenvalue weighted by Crippen LogP contribution is -2.10. The molecule has 1 heterocycles. The van der Waals surface area contributed by atoms with Gasteiger partial charge in [-0.1, -0.05) is 0 Å². The lowest BCUT2D eigenvalue weighted by molar-refractivity contribution is 0.112. The van der Waals surface area contributed by atoms with Crippen molar-refractivity contribution in [3.05, 3.63) is 23.0 Å². The highest BCUT2D eigenvalue weighted by atomic mass is 32.2. The van der Waals surface area contributed by atoms with Crippen LogP contribution in [0.15, 0.2) is 6.20 Å². The van der Waals surface area contributed by atoms with Crippen LogP contribution in [-0.4, -0.2) is 24.9 Å². The van der Waals surface area contributed by atoms with Gasteiger partial charge in [-0.2, -0.15) is 0 Å². The van der Waals surface area contributed by atoms with Crippen LogP contribution in [0.3, 0.4) is 0 Å². The molecule has 0 saturated carbocycles. The van der Waals surface area contributed by atoms with Gasteiger partial charge in [0.25, 0.3) is 0 Å². The van der Waals surface area contributed by atoms with Gasteiger partial charge in [0.2, 0.25) is 10.0 Å². The smallest absolute Gasteiger partial charge is 0.235 e. The molecule has 0 aliphatic carbocycles. The van der Waals surface area contributed by atoms with Gasteiger partial charge in [-0.3, -0.25) is 4.79 Å². The van der Waals surface area contributed by atoms with E-state index in [1.54, 1.807) is 13.8 Å². The standard InChI is InChI=1S/C8H11NO3S/c1-6-4-9(13(3,11)12)7(2)8(6)5-10/h4-5H,1-3H3. The van der Waals surface area contributed by atoms with Crippen LogP contribution in [0.4, 0.5) is 0 Å². The minimum absolute atomic E-state index is 0.449. The molecule has 0 N–H and O–H groups in total. The van der Waals surface area contributed by atoms with E-state index in [0.717, 1.165) is 10.2 Å². The van der Waals surface area contributed by atoms with Crippen molar-refractivity contribution < 1.29 is 13.2 Å². The second-order valence-corrected chi connectivity index (χ2v) is 4.85. The molecule has 0 amide bonds. The Bertz CT molecular complexity index is 442. The number of hydrogen-bond donors (Lipinski definition) is 0. The molecule has 5 heteroatoms. The van der Waals surface area contributed by atoms with E-state index in [1.165, 1.54) is 6.20 Å². The van der Waals surface area contributed by atoms with Gasteiger partial charge in [0, 0.05) is 17.5 Å². The Morgan fingerprint density at radius 1 is 1.38 bits per heavy atom. The number of carbonyl (C=O) groups is 1. The summed E-state index contributed by atoms with van der Waals surface area (Å²) in [5.74, 6) is 0. The summed E-state index contributed by atoms with van der Waals surface area (Å²) in [7, 11) is -3.29. The predicted molar refractivity (Wildman–Crippen MR) is 49.5 cm³/mol. The fourth-order valence-corrected chi connectivity index (χ4v) is 2.21. The topological polar surface area (TPSA) is 56.1 Å². The number of hydrogen-bond acceptors (Lipinski definition) is 3. The van der Waals surface area contributed by atoms with Crippen molar-refractivity contribution in [2.45, 2.75) is 13.8 Å². The first-order chi connectivity index (χ1) is 5.88. The Hall–Kier alpha value is -1.10. The van der Waals surface area contributed by atoms with Gasteiger partial charge in [-0.05, 0) is 19.4 Å². The molecule has 0 radical (unpaired) electrons. The zero-order valence-corrected chi connectivity index (χ0v) is 8.55. The number of aromatic nitrogens is 1. The second kappa shape index (κ2) is 2.99. The van der Waals surface area contributed by atoms with Crippen molar-refractivity contribution in [3.63, 3.8) is 0 Å². The third-order valence-electron chi connectivity index (χ3n) is 1.93. The highest BCUT2D eigenvalue weighted by molar-refractivity contribution is 7.89. The van der Waals surface area contributed by atoms with E-state index >= 15 is 0 Å². The minimum Gasteiger partial charge on any atom is -0.298 e. The summed E-state index contributed by atoms with van der Waals surface area (Å²) in [5, 5.41) is 0. The van der Waals surface area contributed by atoms with Crippen molar-refractivity contribution >= 4 is 16.3 Å². The highest BCUT2D eigenvalue weighted by Crippen LogP contribution is 2.15. The van der Waals surface area contributed by atoms with Gasteiger partial charge in [-0.15, -0.1) is 0 Å². The average Bonchev–Trinajstić information content (AvgIpc) is 2.25. The molecule has 0 saturated heterocycles. The molecule has 72 valence electrons. The molecule has 0 aliphatic heterocycles.